The minimum Gasteiger partial charge on any atom is -0.459 e. The summed E-state index contributed by atoms with van der Waals surface area (Å²) < 4.78 is 5.20. The van der Waals surface area contributed by atoms with E-state index in [0.717, 1.165) is 30.5 Å². The third-order valence-corrected chi connectivity index (χ3v) is 5.24. The summed E-state index contributed by atoms with van der Waals surface area (Å²) in [7, 11) is 0. The average Bonchev–Trinajstić information content (AvgIpc) is 3.43. The molecule has 1 aromatic rings. The second kappa shape index (κ2) is 9.78. The molecule has 0 bridgehead atoms. The second-order valence-electron chi connectivity index (χ2n) is 7.49. The number of rotatable bonds is 8. The van der Waals surface area contributed by atoms with E-state index in [4.69, 9.17) is 4.42 Å². The van der Waals surface area contributed by atoms with Crippen LogP contribution in [0.4, 0.5) is 0 Å². The quantitative estimate of drug-likeness (QED) is 0.367. The van der Waals surface area contributed by atoms with Crippen LogP contribution in [0, 0.1) is 6.92 Å². The Labute approximate surface area is 162 Å². The molecular formula is C20H33N5O2. The van der Waals surface area contributed by atoms with Crippen molar-refractivity contribution in [2.24, 2.45) is 4.99 Å². The van der Waals surface area contributed by atoms with Gasteiger partial charge in [0.1, 0.15) is 0 Å². The molecule has 1 amide bonds. The summed E-state index contributed by atoms with van der Waals surface area (Å²) in [5.41, 5.74) is 0.858. The third kappa shape index (κ3) is 5.99. The van der Waals surface area contributed by atoms with E-state index in [1.54, 1.807) is 6.07 Å². The molecule has 3 N–H and O–H groups in total. The van der Waals surface area contributed by atoms with Gasteiger partial charge in [0.05, 0.1) is 6.26 Å². The van der Waals surface area contributed by atoms with Gasteiger partial charge in [0.15, 0.2) is 11.7 Å². The molecule has 2 fully saturated rings. The number of likely N-dealkylation sites (tertiary alicyclic amines) is 1. The van der Waals surface area contributed by atoms with Crippen LogP contribution in [0.25, 0.3) is 0 Å². The highest BCUT2D eigenvalue weighted by atomic mass is 16.3. The molecule has 0 spiro atoms. The number of hydrogen-bond donors (Lipinski definition) is 3. The molecule has 2 aliphatic rings. The zero-order valence-electron chi connectivity index (χ0n) is 16.6. The van der Waals surface area contributed by atoms with E-state index < -0.39 is 0 Å². The van der Waals surface area contributed by atoms with Gasteiger partial charge in [0, 0.05) is 50.4 Å². The molecule has 0 aromatic carbocycles. The highest BCUT2D eigenvalue weighted by molar-refractivity contribution is 5.92. The number of nitrogens with zero attached hydrogens (tertiary/aromatic N) is 2. The lowest BCUT2D eigenvalue weighted by molar-refractivity contribution is 0.0925. The SMILES string of the molecule is CCNC(=NCCCNC(=O)c1occc1C)NC1CCN(C2CC2)CC1. The number of carbonyl (C=O) groups excluding carboxylic acids is 1. The van der Waals surface area contributed by atoms with Crippen LogP contribution in [0.15, 0.2) is 21.7 Å². The number of aryl methyl sites for hydroxylation is 1. The van der Waals surface area contributed by atoms with Gasteiger partial charge in [0.2, 0.25) is 0 Å². The summed E-state index contributed by atoms with van der Waals surface area (Å²) in [6.45, 7) is 8.45. The lowest BCUT2D eigenvalue weighted by Crippen LogP contribution is -2.49. The van der Waals surface area contributed by atoms with Crippen molar-refractivity contribution in [2.45, 2.75) is 58.0 Å². The first kappa shape index (κ1) is 19.7. The Morgan fingerprint density at radius 1 is 1.26 bits per heavy atom. The van der Waals surface area contributed by atoms with E-state index >= 15 is 0 Å². The molecule has 3 rings (SSSR count). The predicted molar refractivity (Wildman–Crippen MR) is 107 cm³/mol. The normalized spacial score (nSPS) is 19.1. The maximum absolute atomic E-state index is 12.0. The summed E-state index contributed by atoms with van der Waals surface area (Å²) >= 11 is 0. The zero-order valence-corrected chi connectivity index (χ0v) is 16.6. The van der Waals surface area contributed by atoms with Crippen molar-refractivity contribution in [1.82, 2.24) is 20.9 Å². The Balaban J connectivity index is 1.35. The molecule has 2 heterocycles. The molecule has 7 nitrogen and oxygen atoms in total. The molecule has 1 aromatic heterocycles. The van der Waals surface area contributed by atoms with Gasteiger partial charge in [-0.3, -0.25) is 9.79 Å². The fourth-order valence-corrected chi connectivity index (χ4v) is 3.52. The average molecular weight is 376 g/mol. The fourth-order valence-electron chi connectivity index (χ4n) is 3.52. The van der Waals surface area contributed by atoms with Gasteiger partial charge in [-0.1, -0.05) is 0 Å². The molecular weight excluding hydrogens is 342 g/mol. The third-order valence-electron chi connectivity index (χ3n) is 5.24. The molecule has 1 saturated heterocycles. The Kier molecular flexibility index (Phi) is 7.15. The number of hydrogen-bond acceptors (Lipinski definition) is 4. The van der Waals surface area contributed by atoms with Crippen LogP contribution in [-0.4, -0.2) is 61.6 Å². The summed E-state index contributed by atoms with van der Waals surface area (Å²) in [5, 5.41) is 9.79. The smallest absolute Gasteiger partial charge is 0.287 e. The first-order valence-corrected chi connectivity index (χ1v) is 10.3. The van der Waals surface area contributed by atoms with Crippen molar-refractivity contribution in [3.05, 3.63) is 23.7 Å². The van der Waals surface area contributed by atoms with Crippen molar-refractivity contribution in [3.63, 3.8) is 0 Å². The van der Waals surface area contributed by atoms with Crippen LogP contribution in [0.2, 0.25) is 0 Å². The highest BCUT2D eigenvalue weighted by Gasteiger charge is 2.31. The van der Waals surface area contributed by atoms with Crippen LogP contribution in [-0.2, 0) is 0 Å². The van der Waals surface area contributed by atoms with Gasteiger partial charge in [-0.15, -0.1) is 0 Å². The summed E-state index contributed by atoms with van der Waals surface area (Å²) in [4.78, 5) is 19.3. The number of carbonyl (C=O) groups is 1. The second-order valence-corrected chi connectivity index (χ2v) is 7.49. The van der Waals surface area contributed by atoms with Gasteiger partial charge in [0.25, 0.3) is 5.91 Å². The Morgan fingerprint density at radius 2 is 2.04 bits per heavy atom. The minimum absolute atomic E-state index is 0.158. The van der Waals surface area contributed by atoms with Crippen LogP contribution in [0.5, 0.6) is 0 Å². The van der Waals surface area contributed by atoms with Gasteiger partial charge < -0.3 is 25.3 Å². The lowest BCUT2D eigenvalue weighted by Gasteiger charge is -2.33. The summed E-state index contributed by atoms with van der Waals surface area (Å²) in [6, 6.07) is 3.16. The van der Waals surface area contributed by atoms with Gasteiger partial charge in [-0.2, -0.15) is 0 Å². The Morgan fingerprint density at radius 3 is 2.67 bits per heavy atom. The number of furan rings is 1. The van der Waals surface area contributed by atoms with Crippen molar-refractivity contribution in [1.29, 1.82) is 0 Å². The molecule has 1 aliphatic heterocycles. The molecule has 1 aliphatic carbocycles. The van der Waals surface area contributed by atoms with Crippen molar-refractivity contribution < 1.29 is 9.21 Å². The van der Waals surface area contributed by atoms with E-state index in [1.807, 2.05) is 6.92 Å². The molecule has 27 heavy (non-hydrogen) atoms. The largest absolute Gasteiger partial charge is 0.459 e. The molecule has 0 atom stereocenters. The predicted octanol–water partition coefficient (Wildman–Crippen LogP) is 1.89. The van der Waals surface area contributed by atoms with E-state index in [-0.39, 0.29) is 5.91 Å². The fraction of sp³-hybridized carbons (Fsp3) is 0.700. The first-order chi connectivity index (χ1) is 13.2. The van der Waals surface area contributed by atoms with E-state index in [2.05, 4.69) is 32.8 Å². The summed E-state index contributed by atoms with van der Waals surface area (Å²) in [5.74, 6) is 1.12. The number of piperidine rings is 1. The Bertz CT molecular complexity index is 630. The van der Waals surface area contributed by atoms with Gasteiger partial charge in [-0.25, -0.2) is 0 Å². The topological polar surface area (TPSA) is 81.9 Å². The van der Waals surface area contributed by atoms with E-state index in [0.29, 0.717) is 24.9 Å². The lowest BCUT2D eigenvalue weighted by atomic mass is 10.1. The number of amides is 1. The number of guanidine groups is 1. The van der Waals surface area contributed by atoms with Gasteiger partial charge in [-0.05, 0) is 52.0 Å². The molecule has 150 valence electrons. The van der Waals surface area contributed by atoms with Gasteiger partial charge >= 0.3 is 0 Å². The number of aliphatic imine (C=N–C) groups is 1. The maximum Gasteiger partial charge on any atom is 0.287 e. The van der Waals surface area contributed by atoms with Crippen LogP contribution >= 0.6 is 0 Å². The molecule has 0 unspecified atom stereocenters. The van der Waals surface area contributed by atoms with E-state index in [9.17, 15) is 4.79 Å². The molecule has 1 saturated carbocycles. The first-order valence-electron chi connectivity index (χ1n) is 10.3. The van der Waals surface area contributed by atoms with Crippen molar-refractivity contribution >= 4 is 11.9 Å². The van der Waals surface area contributed by atoms with Crippen molar-refractivity contribution in [2.75, 3.05) is 32.7 Å². The summed E-state index contributed by atoms with van der Waals surface area (Å²) in [6.07, 6.45) is 7.47. The van der Waals surface area contributed by atoms with Crippen LogP contribution in [0.3, 0.4) is 0 Å². The van der Waals surface area contributed by atoms with Crippen LogP contribution < -0.4 is 16.0 Å². The van der Waals surface area contributed by atoms with Crippen LogP contribution in [0.1, 0.15) is 55.1 Å². The van der Waals surface area contributed by atoms with E-state index in [1.165, 1.54) is 45.0 Å². The molecule has 7 heteroatoms. The highest BCUT2D eigenvalue weighted by Crippen LogP contribution is 2.29. The monoisotopic (exact) mass is 375 g/mol. The number of nitrogens with one attached hydrogen (secondary N) is 3. The van der Waals surface area contributed by atoms with Crippen molar-refractivity contribution in [3.8, 4) is 0 Å². The molecule has 0 radical (unpaired) electrons. The zero-order chi connectivity index (χ0) is 19.1. The Hall–Kier alpha value is -2.02. The maximum atomic E-state index is 12.0. The minimum atomic E-state index is -0.158. The standard InChI is InChI=1S/C20H33N5O2/c1-3-21-20(24-16-7-12-25(13-8-16)17-5-6-17)23-11-4-10-22-19(26)18-15(2)9-14-27-18/h9,14,16-17H,3-8,10-13H2,1-2H3,(H,22,26)(H2,21,23,24).